The van der Waals surface area contributed by atoms with E-state index >= 15 is 0 Å². The molecule has 17 heavy (non-hydrogen) atoms. The molecule has 0 aliphatic heterocycles. The van der Waals surface area contributed by atoms with E-state index in [2.05, 4.69) is 15.1 Å². The van der Waals surface area contributed by atoms with Crippen LogP contribution in [0.1, 0.15) is 25.6 Å². The standard InChI is InChI=1S/C13H13N3O/c1-8(2)12-15-13(17-16-12)10-4-3-5-11-9(10)6-7-14-11/h3-8,14H,1-2H3. The third-order valence-electron chi connectivity index (χ3n) is 2.78. The van der Waals surface area contributed by atoms with Crippen molar-refractivity contribution in [2.45, 2.75) is 19.8 Å². The van der Waals surface area contributed by atoms with Crippen LogP contribution in [0.5, 0.6) is 0 Å². The molecule has 0 unspecified atom stereocenters. The van der Waals surface area contributed by atoms with Crippen molar-refractivity contribution < 1.29 is 4.52 Å². The number of rotatable bonds is 2. The first kappa shape index (κ1) is 10.1. The van der Waals surface area contributed by atoms with Crippen LogP contribution in [-0.2, 0) is 0 Å². The number of fused-ring (bicyclic) bond motifs is 1. The molecule has 0 radical (unpaired) electrons. The Balaban J connectivity index is 2.16. The zero-order chi connectivity index (χ0) is 11.8. The highest BCUT2D eigenvalue weighted by molar-refractivity contribution is 5.92. The quantitative estimate of drug-likeness (QED) is 0.730. The molecular weight excluding hydrogens is 214 g/mol. The predicted molar refractivity (Wildman–Crippen MR) is 65.7 cm³/mol. The van der Waals surface area contributed by atoms with E-state index in [0.717, 1.165) is 22.3 Å². The van der Waals surface area contributed by atoms with Crippen molar-refractivity contribution in [2.75, 3.05) is 0 Å². The highest BCUT2D eigenvalue weighted by Crippen LogP contribution is 2.27. The van der Waals surface area contributed by atoms with Gasteiger partial charge in [-0.25, -0.2) is 0 Å². The summed E-state index contributed by atoms with van der Waals surface area (Å²) in [5, 5.41) is 5.09. The van der Waals surface area contributed by atoms with Crippen molar-refractivity contribution in [2.24, 2.45) is 0 Å². The second kappa shape index (κ2) is 3.73. The van der Waals surface area contributed by atoms with Gasteiger partial charge < -0.3 is 9.51 Å². The van der Waals surface area contributed by atoms with E-state index in [4.69, 9.17) is 4.52 Å². The predicted octanol–water partition coefficient (Wildman–Crippen LogP) is 3.34. The van der Waals surface area contributed by atoms with Crippen LogP contribution in [0.25, 0.3) is 22.4 Å². The summed E-state index contributed by atoms with van der Waals surface area (Å²) < 4.78 is 5.31. The second-order valence-electron chi connectivity index (χ2n) is 4.36. The van der Waals surface area contributed by atoms with Crippen LogP contribution >= 0.6 is 0 Å². The average Bonchev–Trinajstić information content (AvgIpc) is 2.97. The molecule has 0 spiro atoms. The smallest absolute Gasteiger partial charge is 0.258 e. The number of aromatic amines is 1. The number of nitrogens with one attached hydrogen (secondary N) is 1. The van der Waals surface area contributed by atoms with Crippen LogP contribution < -0.4 is 0 Å². The Bertz CT molecular complexity index is 651. The fraction of sp³-hybridized carbons (Fsp3) is 0.231. The van der Waals surface area contributed by atoms with Crippen LogP contribution in [0.15, 0.2) is 35.0 Å². The van der Waals surface area contributed by atoms with E-state index in [9.17, 15) is 0 Å². The van der Waals surface area contributed by atoms with Crippen molar-refractivity contribution in [3.63, 3.8) is 0 Å². The molecule has 3 rings (SSSR count). The first-order valence-electron chi connectivity index (χ1n) is 5.66. The number of hydrogen-bond acceptors (Lipinski definition) is 3. The van der Waals surface area contributed by atoms with Crippen molar-refractivity contribution in [1.29, 1.82) is 0 Å². The number of aromatic nitrogens is 3. The molecule has 2 aromatic heterocycles. The number of H-pyrrole nitrogens is 1. The zero-order valence-corrected chi connectivity index (χ0v) is 9.77. The van der Waals surface area contributed by atoms with Gasteiger partial charge in [-0.05, 0) is 18.2 Å². The summed E-state index contributed by atoms with van der Waals surface area (Å²) in [7, 11) is 0. The highest BCUT2D eigenvalue weighted by atomic mass is 16.5. The maximum Gasteiger partial charge on any atom is 0.258 e. The minimum Gasteiger partial charge on any atom is -0.361 e. The first-order chi connectivity index (χ1) is 8.25. The lowest BCUT2D eigenvalue weighted by molar-refractivity contribution is 0.419. The minimum atomic E-state index is 0.276. The molecule has 4 heteroatoms. The van der Waals surface area contributed by atoms with Gasteiger partial charge in [0.25, 0.3) is 5.89 Å². The average molecular weight is 227 g/mol. The summed E-state index contributed by atoms with van der Waals surface area (Å²) >= 11 is 0. The van der Waals surface area contributed by atoms with Gasteiger partial charge in [-0.1, -0.05) is 25.1 Å². The van der Waals surface area contributed by atoms with Crippen LogP contribution in [0, 0.1) is 0 Å². The summed E-state index contributed by atoms with van der Waals surface area (Å²) in [5.41, 5.74) is 2.05. The Hall–Kier alpha value is -2.10. The summed E-state index contributed by atoms with van der Waals surface area (Å²) in [5.74, 6) is 1.60. The summed E-state index contributed by atoms with van der Waals surface area (Å²) in [6, 6.07) is 8.02. The van der Waals surface area contributed by atoms with Gasteiger partial charge in [0, 0.05) is 28.6 Å². The molecule has 0 fully saturated rings. The molecule has 0 aliphatic carbocycles. The Kier molecular flexibility index (Phi) is 2.21. The topological polar surface area (TPSA) is 54.7 Å². The van der Waals surface area contributed by atoms with Crippen molar-refractivity contribution in [3.05, 3.63) is 36.3 Å². The maximum atomic E-state index is 5.31. The molecule has 0 saturated carbocycles. The van der Waals surface area contributed by atoms with Crippen molar-refractivity contribution >= 4 is 10.9 Å². The third kappa shape index (κ3) is 1.62. The van der Waals surface area contributed by atoms with E-state index in [1.165, 1.54) is 0 Å². The van der Waals surface area contributed by atoms with Gasteiger partial charge in [0.05, 0.1) is 0 Å². The van der Waals surface area contributed by atoms with Gasteiger partial charge in [-0.2, -0.15) is 4.98 Å². The van der Waals surface area contributed by atoms with Gasteiger partial charge in [0.1, 0.15) is 0 Å². The summed E-state index contributed by atoms with van der Waals surface area (Å²) in [6.07, 6.45) is 1.91. The SMILES string of the molecule is CC(C)c1noc(-c2cccc3[nH]ccc23)n1. The van der Waals surface area contributed by atoms with E-state index in [-0.39, 0.29) is 5.92 Å². The molecule has 0 amide bonds. The zero-order valence-electron chi connectivity index (χ0n) is 9.77. The molecule has 1 aromatic carbocycles. The van der Waals surface area contributed by atoms with Gasteiger partial charge in [0.15, 0.2) is 5.82 Å². The van der Waals surface area contributed by atoms with Crippen LogP contribution in [-0.4, -0.2) is 15.1 Å². The van der Waals surface area contributed by atoms with Crippen LogP contribution in [0.3, 0.4) is 0 Å². The lowest BCUT2D eigenvalue weighted by Gasteiger charge is -1.96. The van der Waals surface area contributed by atoms with Gasteiger partial charge in [0.2, 0.25) is 0 Å². The Morgan fingerprint density at radius 2 is 2.12 bits per heavy atom. The molecule has 0 saturated heterocycles. The first-order valence-corrected chi connectivity index (χ1v) is 5.66. The minimum absolute atomic E-state index is 0.276. The molecule has 1 N–H and O–H groups in total. The number of hydrogen-bond donors (Lipinski definition) is 1. The lowest BCUT2D eigenvalue weighted by atomic mass is 10.1. The fourth-order valence-corrected chi connectivity index (χ4v) is 1.85. The monoisotopic (exact) mass is 227 g/mol. The third-order valence-corrected chi connectivity index (χ3v) is 2.78. The normalized spacial score (nSPS) is 11.5. The number of benzene rings is 1. The summed E-state index contributed by atoms with van der Waals surface area (Å²) in [4.78, 5) is 7.59. The molecule has 0 aliphatic rings. The molecule has 4 nitrogen and oxygen atoms in total. The maximum absolute atomic E-state index is 5.31. The molecule has 0 bridgehead atoms. The molecule has 86 valence electrons. The van der Waals surface area contributed by atoms with Crippen molar-refractivity contribution in [3.8, 4) is 11.5 Å². The van der Waals surface area contributed by atoms with Crippen LogP contribution in [0.2, 0.25) is 0 Å². The Labute approximate surface area is 98.7 Å². The van der Waals surface area contributed by atoms with Gasteiger partial charge >= 0.3 is 0 Å². The lowest BCUT2D eigenvalue weighted by Crippen LogP contribution is -1.89. The fourth-order valence-electron chi connectivity index (χ4n) is 1.85. The second-order valence-corrected chi connectivity index (χ2v) is 4.36. The highest BCUT2D eigenvalue weighted by Gasteiger charge is 2.13. The summed E-state index contributed by atoms with van der Waals surface area (Å²) in [6.45, 7) is 4.09. The largest absolute Gasteiger partial charge is 0.361 e. The molecular formula is C13H13N3O. The van der Waals surface area contributed by atoms with Gasteiger partial charge in [-0.3, -0.25) is 0 Å². The Morgan fingerprint density at radius 3 is 2.88 bits per heavy atom. The van der Waals surface area contributed by atoms with Crippen LogP contribution in [0.4, 0.5) is 0 Å². The molecule has 0 atom stereocenters. The number of nitrogens with zero attached hydrogens (tertiary/aromatic N) is 2. The van der Waals surface area contributed by atoms with E-state index in [1.807, 2.05) is 44.3 Å². The van der Waals surface area contributed by atoms with E-state index in [0.29, 0.717) is 5.89 Å². The Morgan fingerprint density at radius 1 is 1.24 bits per heavy atom. The van der Waals surface area contributed by atoms with Gasteiger partial charge in [-0.15, -0.1) is 0 Å². The van der Waals surface area contributed by atoms with Crippen molar-refractivity contribution in [1.82, 2.24) is 15.1 Å². The van der Waals surface area contributed by atoms with E-state index in [1.54, 1.807) is 0 Å². The van der Waals surface area contributed by atoms with E-state index < -0.39 is 0 Å². The molecule has 3 aromatic rings. The molecule has 2 heterocycles.